The number of aromatic nitrogens is 4. The third-order valence-corrected chi connectivity index (χ3v) is 3.98. The van der Waals surface area contributed by atoms with E-state index in [0.29, 0.717) is 5.65 Å². The number of anilines is 1. The van der Waals surface area contributed by atoms with E-state index in [-0.39, 0.29) is 18.7 Å². The lowest BCUT2D eigenvalue weighted by atomic mass is 10.1. The highest BCUT2D eigenvalue weighted by atomic mass is 19.3. The van der Waals surface area contributed by atoms with Crippen molar-refractivity contribution >= 4 is 11.5 Å². The molecule has 0 fully saturated rings. The summed E-state index contributed by atoms with van der Waals surface area (Å²) in [6.45, 7) is -0.675. The van der Waals surface area contributed by atoms with Crippen molar-refractivity contribution < 1.29 is 8.78 Å². The normalized spacial score (nSPS) is 11.0. The minimum absolute atomic E-state index is 0.320. The maximum absolute atomic E-state index is 12.8. The molecule has 0 aliphatic heterocycles. The van der Waals surface area contributed by atoms with Gasteiger partial charge in [0.15, 0.2) is 5.65 Å². The molecule has 0 radical (unpaired) electrons. The second-order valence-corrected chi connectivity index (χ2v) is 5.95. The Morgan fingerprint density at radius 1 is 1.23 bits per heavy atom. The summed E-state index contributed by atoms with van der Waals surface area (Å²) in [4.78, 5) is 18.6. The summed E-state index contributed by atoms with van der Waals surface area (Å²) < 4.78 is 27.9. The van der Waals surface area contributed by atoms with Gasteiger partial charge in [-0.15, -0.1) is 5.10 Å². The Morgan fingerprint density at radius 3 is 2.58 bits per heavy atom. The van der Waals surface area contributed by atoms with Gasteiger partial charge in [-0.1, -0.05) is 0 Å². The number of nitrogens with two attached hydrogens (primary N) is 1. The molecule has 9 heteroatoms. The summed E-state index contributed by atoms with van der Waals surface area (Å²) in [5, 5.41) is 4.13. The van der Waals surface area contributed by atoms with E-state index >= 15 is 0 Å². The topological polar surface area (TPSA) is 81.5 Å². The number of nitrogens with zero attached hydrogens (tertiary/aromatic N) is 5. The molecule has 0 saturated carbocycles. The van der Waals surface area contributed by atoms with E-state index in [1.54, 1.807) is 24.5 Å². The van der Waals surface area contributed by atoms with E-state index in [1.165, 1.54) is 4.40 Å². The smallest absolute Gasteiger partial charge is 0.350 e. The molecular weight excluding hydrogens is 342 g/mol. The number of hydrogen-bond donors (Lipinski definition) is 1. The molecule has 3 aromatic heterocycles. The summed E-state index contributed by atoms with van der Waals surface area (Å²) in [5.74, 6) is 0.824. The molecule has 0 unspecified atom stereocenters. The predicted octanol–water partition coefficient (Wildman–Crippen LogP) is 1.73. The number of rotatable bonds is 5. The van der Waals surface area contributed by atoms with E-state index < -0.39 is 11.8 Å². The zero-order chi connectivity index (χ0) is 18.8. The van der Waals surface area contributed by atoms with Gasteiger partial charge in [0.2, 0.25) is 0 Å². The minimum Gasteiger partial charge on any atom is -0.363 e. The highest BCUT2D eigenvalue weighted by Crippen LogP contribution is 2.21. The van der Waals surface area contributed by atoms with Gasteiger partial charge in [0, 0.05) is 44.2 Å². The van der Waals surface area contributed by atoms with Crippen LogP contribution in [0.3, 0.4) is 0 Å². The molecule has 0 aliphatic rings. The van der Waals surface area contributed by atoms with E-state index in [4.69, 9.17) is 5.73 Å². The van der Waals surface area contributed by atoms with E-state index in [1.807, 2.05) is 31.1 Å². The van der Waals surface area contributed by atoms with Crippen molar-refractivity contribution in [1.82, 2.24) is 19.2 Å². The lowest BCUT2D eigenvalue weighted by molar-refractivity contribution is 0.400. The number of hydrogen-bond acceptors (Lipinski definition) is 5. The molecule has 0 atom stereocenters. The third-order valence-electron chi connectivity index (χ3n) is 3.98. The molecule has 136 valence electrons. The molecule has 0 spiro atoms. The van der Waals surface area contributed by atoms with Crippen molar-refractivity contribution in [2.45, 2.75) is 6.54 Å². The highest BCUT2D eigenvalue weighted by molar-refractivity contribution is 5.67. The summed E-state index contributed by atoms with van der Waals surface area (Å²) in [6.07, 6.45) is 1.40. The standard InChI is InChI=1S/C17H18F2N6O/c1-23(2)14-4-3-12(9-21-14)11-5-6-24-15(7-11)22-25(17(24)26)10-13(8-20)16(18)19/h3-7,9H,8,10,20H2,1-2H3. The van der Waals surface area contributed by atoms with Crippen molar-refractivity contribution in [1.29, 1.82) is 0 Å². The van der Waals surface area contributed by atoms with Crippen LogP contribution >= 0.6 is 0 Å². The molecule has 26 heavy (non-hydrogen) atoms. The Bertz CT molecular complexity index is 1020. The van der Waals surface area contributed by atoms with Crippen LogP contribution in [0.2, 0.25) is 0 Å². The van der Waals surface area contributed by atoms with Gasteiger partial charge in [0.1, 0.15) is 5.82 Å². The fourth-order valence-corrected chi connectivity index (χ4v) is 2.50. The van der Waals surface area contributed by atoms with Crippen molar-refractivity contribution in [3.8, 4) is 11.1 Å². The first-order chi connectivity index (χ1) is 12.4. The van der Waals surface area contributed by atoms with Crippen LogP contribution in [0.5, 0.6) is 0 Å². The molecular formula is C17H18F2N6O. The van der Waals surface area contributed by atoms with Gasteiger partial charge >= 0.3 is 5.69 Å². The first kappa shape index (κ1) is 17.7. The van der Waals surface area contributed by atoms with Crippen LogP contribution < -0.4 is 16.3 Å². The largest absolute Gasteiger partial charge is 0.363 e. The lowest BCUT2D eigenvalue weighted by Gasteiger charge is -2.11. The SMILES string of the molecule is CN(C)c1ccc(-c2ccn3c(=O)n(CC(CN)=C(F)F)nc3c2)cn1. The molecule has 0 aliphatic carbocycles. The van der Waals surface area contributed by atoms with Gasteiger partial charge < -0.3 is 10.6 Å². The molecule has 2 N–H and O–H groups in total. The molecule has 3 aromatic rings. The van der Waals surface area contributed by atoms with Crippen LogP contribution in [-0.2, 0) is 6.54 Å². The van der Waals surface area contributed by atoms with Gasteiger partial charge in [-0.25, -0.2) is 14.5 Å². The molecule has 3 rings (SSSR count). The molecule has 0 amide bonds. The molecule has 7 nitrogen and oxygen atoms in total. The average molecular weight is 360 g/mol. The Hall–Kier alpha value is -3.07. The number of fused-ring (bicyclic) bond motifs is 1. The van der Waals surface area contributed by atoms with Crippen molar-refractivity contribution in [2.75, 3.05) is 25.5 Å². The van der Waals surface area contributed by atoms with Gasteiger partial charge in [-0.2, -0.15) is 8.78 Å². The lowest BCUT2D eigenvalue weighted by Crippen LogP contribution is -2.24. The fourth-order valence-electron chi connectivity index (χ4n) is 2.50. The number of halogens is 2. The van der Waals surface area contributed by atoms with Crippen LogP contribution in [0.15, 0.2) is 53.1 Å². The van der Waals surface area contributed by atoms with E-state index in [9.17, 15) is 13.6 Å². The molecule has 0 saturated heterocycles. The van der Waals surface area contributed by atoms with Crippen LogP contribution in [0.1, 0.15) is 0 Å². The predicted molar refractivity (Wildman–Crippen MR) is 95.3 cm³/mol. The van der Waals surface area contributed by atoms with E-state index in [2.05, 4.69) is 10.1 Å². The molecule has 3 heterocycles. The van der Waals surface area contributed by atoms with Crippen molar-refractivity contribution in [3.05, 3.63) is 58.8 Å². The summed E-state index contributed by atoms with van der Waals surface area (Å²) >= 11 is 0. The Balaban J connectivity index is 1.99. The van der Waals surface area contributed by atoms with Gasteiger partial charge in [0.25, 0.3) is 6.08 Å². The average Bonchev–Trinajstić information content (AvgIpc) is 2.94. The quantitative estimate of drug-likeness (QED) is 0.749. The highest BCUT2D eigenvalue weighted by Gasteiger charge is 2.12. The van der Waals surface area contributed by atoms with Gasteiger partial charge in [-0.05, 0) is 29.8 Å². The Morgan fingerprint density at radius 2 is 2.00 bits per heavy atom. The van der Waals surface area contributed by atoms with Gasteiger partial charge in [-0.3, -0.25) is 4.40 Å². The van der Waals surface area contributed by atoms with Crippen LogP contribution in [0.25, 0.3) is 16.8 Å². The van der Waals surface area contributed by atoms with Crippen molar-refractivity contribution in [3.63, 3.8) is 0 Å². The second kappa shape index (κ2) is 7.04. The summed E-state index contributed by atoms with van der Waals surface area (Å²) in [6, 6.07) is 7.26. The van der Waals surface area contributed by atoms with Crippen molar-refractivity contribution in [2.24, 2.45) is 5.73 Å². The maximum atomic E-state index is 12.8. The van der Waals surface area contributed by atoms with Gasteiger partial charge in [0.05, 0.1) is 6.54 Å². The third kappa shape index (κ3) is 3.33. The maximum Gasteiger partial charge on any atom is 0.350 e. The zero-order valence-corrected chi connectivity index (χ0v) is 14.4. The Labute approximate surface area is 148 Å². The Kier molecular flexibility index (Phi) is 4.81. The molecule has 0 aromatic carbocycles. The van der Waals surface area contributed by atoms with Crippen LogP contribution in [0, 0.1) is 0 Å². The van der Waals surface area contributed by atoms with Crippen LogP contribution in [0.4, 0.5) is 14.6 Å². The zero-order valence-electron chi connectivity index (χ0n) is 14.4. The van der Waals surface area contributed by atoms with E-state index in [0.717, 1.165) is 21.6 Å². The summed E-state index contributed by atoms with van der Waals surface area (Å²) in [7, 11) is 3.80. The number of pyridine rings is 2. The van der Waals surface area contributed by atoms with Crippen LogP contribution in [-0.4, -0.2) is 39.8 Å². The summed E-state index contributed by atoms with van der Waals surface area (Å²) in [5.41, 5.74) is 6.52. The minimum atomic E-state index is -1.88. The molecule has 0 bridgehead atoms. The second-order valence-electron chi connectivity index (χ2n) is 5.95. The fraction of sp³-hybridized carbons (Fsp3) is 0.235. The first-order valence-corrected chi connectivity index (χ1v) is 7.86. The monoisotopic (exact) mass is 360 g/mol. The first-order valence-electron chi connectivity index (χ1n) is 7.86.